The standard InChI is InChI=1S/C18H28N2/c1-2-15-8-6-7-11-18(15)20-13-12-19-17(14-20)16-9-4-3-5-10-16/h6-8,11,16-17,19H,2-5,9-10,12-14H2,1H3. The summed E-state index contributed by atoms with van der Waals surface area (Å²) in [4.78, 5) is 2.62. The summed E-state index contributed by atoms with van der Waals surface area (Å²) < 4.78 is 0. The van der Waals surface area contributed by atoms with E-state index >= 15 is 0 Å². The Hall–Kier alpha value is -1.02. The average molecular weight is 272 g/mol. The third-order valence-electron chi connectivity index (χ3n) is 5.14. The molecular formula is C18H28N2. The molecule has 0 radical (unpaired) electrons. The predicted molar refractivity (Wildman–Crippen MR) is 86.4 cm³/mol. The molecule has 2 aliphatic rings. The second kappa shape index (κ2) is 6.62. The number of rotatable bonds is 3. The van der Waals surface area contributed by atoms with Crippen LogP contribution in [0, 0.1) is 5.92 Å². The highest BCUT2D eigenvalue weighted by molar-refractivity contribution is 5.54. The molecule has 1 aromatic carbocycles. The van der Waals surface area contributed by atoms with Gasteiger partial charge in [0, 0.05) is 31.4 Å². The Balaban J connectivity index is 1.71. The number of benzene rings is 1. The fourth-order valence-electron chi connectivity index (χ4n) is 3.97. The summed E-state index contributed by atoms with van der Waals surface area (Å²) in [6.07, 6.45) is 8.32. The van der Waals surface area contributed by atoms with Gasteiger partial charge in [-0.15, -0.1) is 0 Å². The van der Waals surface area contributed by atoms with Crippen molar-refractivity contribution in [1.29, 1.82) is 0 Å². The number of nitrogens with one attached hydrogen (secondary N) is 1. The van der Waals surface area contributed by atoms with Crippen molar-refractivity contribution in [2.24, 2.45) is 5.92 Å². The molecule has 110 valence electrons. The normalized spacial score (nSPS) is 24.9. The third kappa shape index (κ3) is 3.01. The Morgan fingerprint density at radius 2 is 1.95 bits per heavy atom. The highest BCUT2D eigenvalue weighted by Gasteiger charge is 2.28. The smallest absolute Gasteiger partial charge is 0.0399 e. The monoisotopic (exact) mass is 272 g/mol. The molecule has 1 saturated heterocycles. The van der Waals surface area contributed by atoms with Gasteiger partial charge in [0.1, 0.15) is 0 Å². The Morgan fingerprint density at radius 1 is 1.15 bits per heavy atom. The van der Waals surface area contributed by atoms with E-state index in [-0.39, 0.29) is 0 Å². The predicted octanol–water partition coefficient (Wildman–Crippen LogP) is 3.61. The zero-order valence-corrected chi connectivity index (χ0v) is 12.8. The average Bonchev–Trinajstić information content (AvgIpc) is 2.56. The molecule has 1 unspecified atom stereocenters. The molecule has 2 heteroatoms. The van der Waals surface area contributed by atoms with Crippen molar-refractivity contribution in [3.8, 4) is 0 Å². The molecule has 2 fully saturated rings. The van der Waals surface area contributed by atoms with Crippen molar-refractivity contribution in [2.75, 3.05) is 24.5 Å². The summed E-state index contributed by atoms with van der Waals surface area (Å²) in [6, 6.07) is 9.65. The molecule has 1 heterocycles. The SMILES string of the molecule is CCc1ccccc1N1CCNC(C2CCCCC2)C1. The van der Waals surface area contributed by atoms with Crippen molar-refractivity contribution in [1.82, 2.24) is 5.32 Å². The minimum Gasteiger partial charge on any atom is -0.368 e. The number of hydrogen-bond donors (Lipinski definition) is 1. The van der Waals surface area contributed by atoms with Gasteiger partial charge in [0.25, 0.3) is 0 Å². The van der Waals surface area contributed by atoms with Crippen LogP contribution in [0.3, 0.4) is 0 Å². The second-order valence-electron chi connectivity index (χ2n) is 6.39. The van der Waals surface area contributed by atoms with Crippen molar-refractivity contribution in [2.45, 2.75) is 51.5 Å². The van der Waals surface area contributed by atoms with Crippen molar-refractivity contribution >= 4 is 5.69 Å². The van der Waals surface area contributed by atoms with Gasteiger partial charge in [-0.05, 0) is 36.8 Å². The van der Waals surface area contributed by atoms with E-state index in [0.29, 0.717) is 6.04 Å². The molecule has 0 aromatic heterocycles. The van der Waals surface area contributed by atoms with Crippen LogP contribution in [0.5, 0.6) is 0 Å². The van der Waals surface area contributed by atoms with E-state index in [9.17, 15) is 0 Å². The Kier molecular flexibility index (Phi) is 4.62. The van der Waals surface area contributed by atoms with Gasteiger partial charge < -0.3 is 10.2 Å². The maximum Gasteiger partial charge on any atom is 0.0399 e. The van der Waals surface area contributed by atoms with E-state index in [1.165, 1.54) is 49.9 Å². The molecule has 3 rings (SSSR count). The molecular weight excluding hydrogens is 244 g/mol. The van der Waals surface area contributed by atoms with Crippen LogP contribution in [-0.4, -0.2) is 25.7 Å². The molecule has 20 heavy (non-hydrogen) atoms. The van der Waals surface area contributed by atoms with Gasteiger partial charge in [0.2, 0.25) is 0 Å². The lowest BCUT2D eigenvalue weighted by Gasteiger charge is -2.41. The first kappa shape index (κ1) is 13.9. The fourth-order valence-corrected chi connectivity index (χ4v) is 3.97. The van der Waals surface area contributed by atoms with Crippen LogP contribution in [0.4, 0.5) is 5.69 Å². The number of para-hydroxylation sites is 1. The Morgan fingerprint density at radius 3 is 2.75 bits per heavy atom. The summed E-state index contributed by atoms with van der Waals surface area (Å²) in [7, 11) is 0. The van der Waals surface area contributed by atoms with Gasteiger partial charge in [-0.25, -0.2) is 0 Å². The lowest BCUT2D eigenvalue weighted by atomic mass is 9.83. The first-order valence-corrected chi connectivity index (χ1v) is 8.44. The van der Waals surface area contributed by atoms with E-state index in [1.54, 1.807) is 0 Å². The van der Waals surface area contributed by atoms with Crippen molar-refractivity contribution in [3.63, 3.8) is 0 Å². The maximum atomic E-state index is 3.78. The third-order valence-corrected chi connectivity index (χ3v) is 5.14. The maximum absolute atomic E-state index is 3.78. The lowest BCUT2D eigenvalue weighted by molar-refractivity contribution is 0.257. The highest BCUT2D eigenvalue weighted by Crippen LogP contribution is 2.29. The van der Waals surface area contributed by atoms with Crippen LogP contribution in [0.25, 0.3) is 0 Å². The number of nitrogens with zero attached hydrogens (tertiary/aromatic N) is 1. The summed E-state index contributed by atoms with van der Waals surface area (Å²) in [6.45, 7) is 5.75. The van der Waals surface area contributed by atoms with E-state index in [0.717, 1.165) is 25.4 Å². The number of aryl methyl sites for hydroxylation is 1. The molecule has 0 bridgehead atoms. The van der Waals surface area contributed by atoms with Gasteiger partial charge in [-0.3, -0.25) is 0 Å². The largest absolute Gasteiger partial charge is 0.368 e. The fraction of sp³-hybridized carbons (Fsp3) is 0.667. The van der Waals surface area contributed by atoms with Crippen LogP contribution < -0.4 is 10.2 Å². The topological polar surface area (TPSA) is 15.3 Å². The molecule has 1 atom stereocenters. The van der Waals surface area contributed by atoms with E-state index < -0.39 is 0 Å². The zero-order valence-electron chi connectivity index (χ0n) is 12.8. The van der Waals surface area contributed by atoms with E-state index in [1.807, 2.05) is 0 Å². The number of hydrogen-bond acceptors (Lipinski definition) is 2. The molecule has 1 aliphatic carbocycles. The van der Waals surface area contributed by atoms with Crippen LogP contribution in [0.1, 0.15) is 44.6 Å². The minimum absolute atomic E-state index is 0.703. The quantitative estimate of drug-likeness (QED) is 0.904. The van der Waals surface area contributed by atoms with Gasteiger partial charge in [0.05, 0.1) is 0 Å². The Bertz CT molecular complexity index is 423. The van der Waals surface area contributed by atoms with Crippen molar-refractivity contribution in [3.05, 3.63) is 29.8 Å². The van der Waals surface area contributed by atoms with E-state index in [4.69, 9.17) is 0 Å². The molecule has 1 aromatic rings. The molecule has 0 amide bonds. The van der Waals surface area contributed by atoms with Crippen LogP contribution in [-0.2, 0) is 6.42 Å². The first-order valence-electron chi connectivity index (χ1n) is 8.44. The molecule has 0 spiro atoms. The van der Waals surface area contributed by atoms with Gasteiger partial charge in [0.15, 0.2) is 0 Å². The summed E-state index contributed by atoms with van der Waals surface area (Å²) >= 11 is 0. The number of piperazine rings is 1. The first-order chi connectivity index (χ1) is 9.88. The van der Waals surface area contributed by atoms with Crippen LogP contribution in [0.15, 0.2) is 24.3 Å². The minimum atomic E-state index is 0.703. The Labute approximate surface area is 123 Å². The second-order valence-corrected chi connectivity index (χ2v) is 6.39. The molecule has 1 aliphatic heterocycles. The van der Waals surface area contributed by atoms with Crippen molar-refractivity contribution < 1.29 is 0 Å². The zero-order chi connectivity index (χ0) is 13.8. The highest BCUT2D eigenvalue weighted by atomic mass is 15.2. The van der Waals surface area contributed by atoms with Gasteiger partial charge in [-0.1, -0.05) is 44.4 Å². The number of anilines is 1. The molecule has 1 N–H and O–H groups in total. The summed E-state index contributed by atoms with van der Waals surface area (Å²) in [5, 5.41) is 3.78. The van der Waals surface area contributed by atoms with Gasteiger partial charge in [-0.2, -0.15) is 0 Å². The lowest BCUT2D eigenvalue weighted by Crippen LogP contribution is -2.54. The molecule has 2 nitrogen and oxygen atoms in total. The van der Waals surface area contributed by atoms with Gasteiger partial charge >= 0.3 is 0 Å². The van der Waals surface area contributed by atoms with Crippen LogP contribution >= 0.6 is 0 Å². The van der Waals surface area contributed by atoms with E-state index in [2.05, 4.69) is 41.4 Å². The summed E-state index contributed by atoms with van der Waals surface area (Å²) in [5.74, 6) is 0.903. The summed E-state index contributed by atoms with van der Waals surface area (Å²) in [5.41, 5.74) is 2.97. The van der Waals surface area contributed by atoms with Crippen LogP contribution in [0.2, 0.25) is 0 Å². The molecule has 1 saturated carbocycles.